The maximum Gasteiger partial charge on any atom is 0.331 e. The molecule has 0 atom stereocenters. The first-order valence-electron chi connectivity index (χ1n) is 4.75. The zero-order valence-electron chi connectivity index (χ0n) is 8.81. The summed E-state index contributed by atoms with van der Waals surface area (Å²) in [6, 6.07) is 6.56. The Morgan fingerprint density at radius 2 is 1.93 bits per heavy atom. The maximum absolute atomic E-state index is 11.1. The Morgan fingerprint density at radius 1 is 1.33 bits per heavy atom. The minimum Gasteiger partial charge on any atom is -0.508 e. The van der Waals surface area contributed by atoms with E-state index in [0.29, 0.717) is 0 Å². The monoisotopic (exact) mass is 206 g/mol. The molecule has 80 valence electrons. The normalized spacial score (nSPS) is 10.9. The Morgan fingerprint density at radius 3 is 2.47 bits per heavy atom. The van der Waals surface area contributed by atoms with Gasteiger partial charge < -0.3 is 9.84 Å². The second-order valence-corrected chi connectivity index (χ2v) is 3.41. The van der Waals surface area contributed by atoms with E-state index in [4.69, 9.17) is 9.84 Å². The molecule has 0 unspecified atom stereocenters. The summed E-state index contributed by atoms with van der Waals surface area (Å²) in [6.45, 7) is 3.60. The molecule has 0 heterocycles. The summed E-state index contributed by atoms with van der Waals surface area (Å²) in [5, 5.41) is 9.04. The van der Waals surface area contributed by atoms with Gasteiger partial charge in [-0.3, -0.25) is 0 Å². The van der Waals surface area contributed by atoms with E-state index in [1.807, 2.05) is 0 Å². The zero-order chi connectivity index (χ0) is 11.3. The molecule has 1 N–H and O–H groups in total. The SMILES string of the molecule is CC(C)OC(=O)C=Cc1ccc(O)cc1. The molecule has 0 radical (unpaired) electrons. The van der Waals surface area contributed by atoms with Crippen molar-refractivity contribution in [3.05, 3.63) is 35.9 Å². The number of aromatic hydroxyl groups is 1. The van der Waals surface area contributed by atoms with Crippen molar-refractivity contribution in [3.8, 4) is 5.75 Å². The minimum atomic E-state index is -0.363. The van der Waals surface area contributed by atoms with E-state index in [-0.39, 0.29) is 17.8 Å². The summed E-state index contributed by atoms with van der Waals surface area (Å²) in [6.07, 6.45) is 2.90. The number of esters is 1. The van der Waals surface area contributed by atoms with E-state index >= 15 is 0 Å². The van der Waals surface area contributed by atoms with Gasteiger partial charge in [0.15, 0.2) is 0 Å². The average Bonchev–Trinajstić information content (AvgIpc) is 2.16. The molecule has 0 saturated carbocycles. The largest absolute Gasteiger partial charge is 0.508 e. The molecule has 0 bridgehead atoms. The first-order valence-corrected chi connectivity index (χ1v) is 4.75. The van der Waals surface area contributed by atoms with Gasteiger partial charge in [-0.15, -0.1) is 0 Å². The second-order valence-electron chi connectivity index (χ2n) is 3.41. The van der Waals surface area contributed by atoms with Crippen LogP contribution >= 0.6 is 0 Å². The highest BCUT2D eigenvalue weighted by molar-refractivity contribution is 5.87. The van der Waals surface area contributed by atoms with Gasteiger partial charge in [-0.2, -0.15) is 0 Å². The molecule has 1 aromatic carbocycles. The molecule has 15 heavy (non-hydrogen) atoms. The van der Waals surface area contributed by atoms with Crippen molar-refractivity contribution in [2.75, 3.05) is 0 Å². The van der Waals surface area contributed by atoms with E-state index in [9.17, 15) is 4.79 Å². The third-order valence-corrected chi connectivity index (χ3v) is 1.66. The van der Waals surface area contributed by atoms with Crippen LogP contribution in [0.15, 0.2) is 30.3 Å². The van der Waals surface area contributed by atoms with Crippen molar-refractivity contribution in [2.24, 2.45) is 0 Å². The van der Waals surface area contributed by atoms with Crippen molar-refractivity contribution < 1.29 is 14.6 Å². The van der Waals surface area contributed by atoms with Crippen molar-refractivity contribution in [1.82, 2.24) is 0 Å². The highest BCUT2D eigenvalue weighted by Crippen LogP contribution is 2.10. The summed E-state index contributed by atoms with van der Waals surface area (Å²) in [5.74, 6) is -0.157. The van der Waals surface area contributed by atoms with Crippen LogP contribution in [-0.4, -0.2) is 17.2 Å². The van der Waals surface area contributed by atoms with E-state index in [0.717, 1.165) is 5.56 Å². The molecule has 1 aromatic rings. The first-order chi connectivity index (χ1) is 7.08. The van der Waals surface area contributed by atoms with Crippen molar-refractivity contribution in [1.29, 1.82) is 0 Å². The molecular weight excluding hydrogens is 192 g/mol. The Labute approximate surface area is 89.0 Å². The van der Waals surface area contributed by atoms with Crippen LogP contribution in [0.3, 0.4) is 0 Å². The van der Waals surface area contributed by atoms with Crippen LogP contribution in [0.2, 0.25) is 0 Å². The molecule has 0 aromatic heterocycles. The number of phenolic OH excluding ortho intramolecular Hbond substituents is 1. The highest BCUT2D eigenvalue weighted by atomic mass is 16.5. The number of hydrogen-bond acceptors (Lipinski definition) is 3. The molecule has 0 spiro atoms. The van der Waals surface area contributed by atoms with Crippen LogP contribution in [0, 0.1) is 0 Å². The number of benzene rings is 1. The molecule has 0 aliphatic rings. The highest BCUT2D eigenvalue weighted by Gasteiger charge is 1.99. The molecule has 0 aliphatic heterocycles. The van der Waals surface area contributed by atoms with Gasteiger partial charge in [-0.1, -0.05) is 12.1 Å². The van der Waals surface area contributed by atoms with Gasteiger partial charge in [-0.05, 0) is 37.6 Å². The third kappa shape index (κ3) is 4.31. The molecular formula is C12H14O3. The topological polar surface area (TPSA) is 46.5 Å². The summed E-state index contributed by atoms with van der Waals surface area (Å²) in [5.41, 5.74) is 0.841. The lowest BCUT2D eigenvalue weighted by Gasteiger charge is -2.03. The number of ether oxygens (including phenoxy) is 1. The van der Waals surface area contributed by atoms with Crippen molar-refractivity contribution in [3.63, 3.8) is 0 Å². The quantitative estimate of drug-likeness (QED) is 0.610. The van der Waals surface area contributed by atoms with Crippen LogP contribution < -0.4 is 0 Å². The molecule has 3 heteroatoms. The molecule has 1 rings (SSSR count). The number of phenols is 1. The van der Waals surface area contributed by atoms with E-state index in [2.05, 4.69) is 0 Å². The number of hydrogen-bond donors (Lipinski definition) is 1. The van der Waals surface area contributed by atoms with Crippen molar-refractivity contribution >= 4 is 12.0 Å². The van der Waals surface area contributed by atoms with Crippen LogP contribution in [0.4, 0.5) is 0 Å². The third-order valence-electron chi connectivity index (χ3n) is 1.66. The fourth-order valence-corrected chi connectivity index (χ4v) is 1.02. The summed E-state index contributed by atoms with van der Waals surface area (Å²) < 4.78 is 4.92. The maximum atomic E-state index is 11.1. The lowest BCUT2D eigenvalue weighted by Crippen LogP contribution is -2.08. The molecule has 0 amide bonds. The van der Waals surface area contributed by atoms with E-state index in [1.165, 1.54) is 6.08 Å². The lowest BCUT2D eigenvalue weighted by atomic mass is 10.2. The number of rotatable bonds is 3. The fraction of sp³-hybridized carbons (Fsp3) is 0.250. The molecule has 3 nitrogen and oxygen atoms in total. The Balaban J connectivity index is 2.57. The standard InChI is InChI=1S/C12H14O3/c1-9(2)15-12(14)8-5-10-3-6-11(13)7-4-10/h3-9,13H,1-2H3. The fourth-order valence-electron chi connectivity index (χ4n) is 1.02. The van der Waals surface area contributed by atoms with Crippen LogP contribution in [-0.2, 0) is 9.53 Å². The molecule has 0 fully saturated rings. The van der Waals surface area contributed by atoms with Crippen molar-refractivity contribution in [2.45, 2.75) is 20.0 Å². The van der Waals surface area contributed by atoms with E-state index < -0.39 is 0 Å². The smallest absolute Gasteiger partial charge is 0.331 e. The Kier molecular flexibility index (Phi) is 3.92. The summed E-state index contributed by atoms with van der Waals surface area (Å²) in [4.78, 5) is 11.1. The summed E-state index contributed by atoms with van der Waals surface area (Å²) in [7, 11) is 0. The Bertz CT molecular complexity index is 350. The first kappa shape index (κ1) is 11.3. The second kappa shape index (κ2) is 5.20. The lowest BCUT2D eigenvalue weighted by molar-refractivity contribution is -0.141. The number of carbonyl (C=O) groups is 1. The molecule has 0 aliphatic carbocycles. The van der Waals surface area contributed by atoms with Gasteiger partial charge in [0.2, 0.25) is 0 Å². The Hall–Kier alpha value is -1.77. The molecule has 0 saturated heterocycles. The minimum absolute atomic E-state index is 0.109. The van der Waals surface area contributed by atoms with Crippen LogP contribution in [0.5, 0.6) is 5.75 Å². The zero-order valence-corrected chi connectivity index (χ0v) is 8.81. The number of carbonyl (C=O) groups excluding carboxylic acids is 1. The van der Waals surface area contributed by atoms with Gasteiger partial charge in [0, 0.05) is 6.08 Å². The van der Waals surface area contributed by atoms with Gasteiger partial charge in [0.1, 0.15) is 5.75 Å². The van der Waals surface area contributed by atoms with Gasteiger partial charge in [0.05, 0.1) is 6.10 Å². The average molecular weight is 206 g/mol. The summed E-state index contributed by atoms with van der Waals surface area (Å²) >= 11 is 0. The van der Waals surface area contributed by atoms with Crippen LogP contribution in [0.1, 0.15) is 19.4 Å². The van der Waals surface area contributed by atoms with E-state index in [1.54, 1.807) is 44.2 Å². The van der Waals surface area contributed by atoms with Gasteiger partial charge in [0.25, 0.3) is 0 Å². The van der Waals surface area contributed by atoms with Gasteiger partial charge in [-0.25, -0.2) is 4.79 Å². The predicted octanol–water partition coefficient (Wildman–Crippen LogP) is 2.36. The predicted molar refractivity (Wildman–Crippen MR) is 58.4 cm³/mol. The van der Waals surface area contributed by atoms with Crippen LogP contribution in [0.25, 0.3) is 6.08 Å². The van der Waals surface area contributed by atoms with Gasteiger partial charge >= 0.3 is 5.97 Å².